The average Bonchev–Trinajstić information content (AvgIpc) is 2.53. The lowest BCUT2D eigenvalue weighted by Crippen LogP contribution is -2.14. The highest BCUT2D eigenvalue weighted by atomic mass is 16.3. The SMILES string of the molecule is CC(C)(C)c1ccc(C(=O)Nc2ccc(NCCO)nc2)cc1. The number of pyridine rings is 1. The zero-order valence-corrected chi connectivity index (χ0v) is 13.8. The number of aromatic nitrogens is 1. The lowest BCUT2D eigenvalue weighted by molar-refractivity contribution is 0.102. The zero-order valence-electron chi connectivity index (χ0n) is 13.8. The maximum absolute atomic E-state index is 12.2. The highest BCUT2D eigenvalue weighted by Crippen LogP contribution is 2.22. The second kappa shape index (κ2) is 7.24. The first-order valence-corrected chi connectivity index (χ1v) is 7.63. The van der Waals surface area contributed by atoms with E-state index in [9.17, 15) is 4.79 Å². The Labute approximate surface area is 136 Å². The van der Waals surface area contributed by atoms with Gasteiger partial charge in [-0.25, -0.2) is 4.98 Å². The van der Waals surface area contributed by atoms with Crippen molar-refractivity contribution in [1.82, 2.24) is 4.98 Å². The van der Waals surface area contributed by atoms with Gasteiger partial charge in [-0.05, 0) is 35.2 Å². The Morgan fingerprint density at radius 1 is 1.13 bits per heavy atom. The number of aliphatic hydroxyl groups is 1. The Kier molecular flexibility index (Phi) is 5.34. The molecule has 23 heavy (non-hydrogen) atoms. The first-order chi connectivity index (χ1) is 10.9. The average molecular weight is 313 g/mol. The number of amides is 1. The summed E-state index contributed by atoms with van der Waals surface area (Å²) in [6.07, 6.45) is 1.58. The van der Waals surface area contributed by atoms with Crippen LogP contribution in [0.25, 0.3) is 0 Å². The number of nitrogens with zero attached hydrogens (tertiary/aromatic N) is 1. The van der Waals surface area contributed by atoms with Crippen LogP contribution in [0, 0.1) is 0 Å². The molecule has 3 N–H and O–H groups in total. The second-order valence-electron chi connectivity index (χ2n) is 6.36. The third-order valence-electron chi connectivity index (χ3n) is 3.45. The topological polar surface area (TPSA) is 74.2 Å². The Hall–Kier alpha value is -2.40. The van der Waals surface area contributed by atoms with Crippen LogP contribution in [-0.4, -0.2) is 29.1 Å². The summed E-state index contributed by atoms with van der Waals surface area (Å²) in [7, 11) is 0. The largest absolute Gasteiger partial charge is 0.395 e. The molecule has 0 atom stereocenters. The van der Waals surface area contributed by atoms with Gasteiger partial charge in [0, 0.05) is 12.1 Å². The predicted molar refractivity (Wildman–Crippen MR) is 92.9 cm³/mol. The van der Waals surface area contributed by atoms with Crippen molar-refractivity contribution in [3.05, 3.63) is 53.7 Å². The fourth-order valence-corrected chi connectivity index (χ4v) is 2.08. The lowest BCUT2D eigenvalue weighted by atomic mass is 9.87. The molecule has 0 bridgehead atoms. The van der Waals surface area contributed by atoms with Crippen molar-refractivity contribution in [3.63, 3.8) is 0 Å². The van der Waals surface area contributed by atoms with E-state index in [-0.39, 0.29) is 17.9 Å². The normalized spacial score (nSPS) is 11.1. The van der Waals surface area contributed by atoms with Crippen LogP contribution in [0.4, 0.5) is 11.5 Å². The number of rotatable bonds is 5. The van der Waals surface area contributed by atoms with Gasteiger partial charge in [-0.2, -0.15) is 0 Å². The Morgan fingerprint density at radius 3 is 2.35 bits per heavy atom. The molecule has 0 saturated carbocycles. The molecular formula is C18H23N3O2. The molecule has 0 aliphatic rings. The minimum Gasteiger partial charge on any atom is -0.395 e. The molecule has 122 valence electrons. The first kappa shape index (κ1) is 17.0. The summed E-state index contributed by atoms with van der Waals surface area (Å²) >= 11 is 0. The molecule has 1 aromatic heterocycles. The van der Waals surface area contributed by atoms with Crippen molar-refractivity contribution < 1.29 is 9.90 Å². The highest BCUT2D eigenvalue weighted by molar-refractivity contribution is 6.04. The Balaban J connectivity index is 2.01. The summed E-state index contributed by atoms with van der Waals surface area (Å²) in [6, 6.07) is 11.2. The summed E-state index contributed by atoms with van der Waals surface area (Å²) in [5.74, 6) is 0.495. The second-order valence-corrected chi connectivity index (χ2v) is 6.36. The van der Waals surface area contributed by atoms with Crippen molar-refractivity contribution in [3.8, 4) is 0 Å². The molecular weight excluding hydrogens is 290 g/mol. The minimum atomic E-state index is -0.164. The van der Waals surface area contributed by atoms with Gasteiger partial charge in [-0.1, -0.05) is 32.9 Å². The van der Waals surface area contributed by atoms with Crippen LogP contribution < -0.4 is 10.6 Å². The molecule has 0 spiro atoms. The van der Waals surface area contributed by atoms with Crippen molar-refractivity contribution in [1.29, 1.82) is 0 Å². The monoisotopic (exact) mass is 313 g/mol. The number of hydrogen-bond acceptors (Lipinski definition) is 4. The van der Waals surface area contributed by atoms with E-state index in [1.165, 1.54) is 5.56 Å². The molecule has 0 saturated heterocycles. The zero-order chi connectivity index (χ0) is 16.9. The van der Waals surface area contributed by atoms with Crippen LogP contribution in [0.2, 0.25) is 0 Å². The van der Waals surface area contributed by atoms with Crippen LogP contribution in [0.15, 0.2) is 42.6 Å². The molecule has 1 amide bonds. The number of nitrogens with one attached hydrogen (secondary N) is 2. The molecule has 0 aliphatic heterocycles. The van der Waals surface area contributed by atoms with E-state index in [1.807, 2.05) is 24.3 Å². The summed E-state index contributed by atoms with van der Waals surface area (Å²) in [5.41, 5.74) is 2.50. The van der Waals surface area contributed by atoms with Gasteiger partial charge in [0.25, 0.3) is 5.91 Å². The predicted octanol–water partition coefficient (Wildman–Crippen LogP) is 3.04. The lowest BCUT2D eigenvalue weighted by Gasteiger charge is -2.19. The van der Waals surface area contributed by atoms with Crippen molar-refractivity contribution in [2.75, 3.05) is 23.8 Å². The van der Waals surface area contributed by atoms with Crippen molar-refractivity contribution >= 4 is 17.4 Å². The number of carbonyl (C=O) groups excluding carboxylic acids is 1. The molecule has 5 nitrogen and oxygen atoms in total. The maximum Gasteiger partial charge on any atom is 0.255 e. The van der Waals surface area contributed by atoms with Gasteiger partial charge in [0.1, 0.15) is 5.82 Å². The first-order valence-electron chi connectivity index (χ1n) is 7.63. The highest BCUT2D eigenvalue weighted by Gasteiger charge is 2.14. The summed E-state index contributed by atoms with van der Waals surface area (Å²) in [5, 5.41) is 14.5. The van der Waals surface area contributed by atoms with Crippen LogP contribution in [0.5, 0.6) is 0 Å². The van der Waals surface area contributed by atoms with Crippen LogP contribution >= 0.6 is 0 Å². The Morgan fingerprint density at radius 2 is 1.83 bits per heavy atom. The van der Waals surface area contributed by atoms with Crippen LogP contribution in [-0.2, 0) is 5.41 Å². The molecule has 0 unspecified atom stereocenters. The summed E-state index contributed by atoms with van der Waals surface area (Å²) in [4.78, 5) is 16.4. The maximum atomic E-state index is 12.2. The number of carbonyl (C=O) groups is 1. The van der Waals surface area contributed by atoms with E-state index in [0.29, 0.717) is 23.6 Å². The van der Waals surface area contributed by atoms with Crippen LogP contribution in [0.1, 0.15) is 36.7 Å². The summed E-state index contributed by atoms with van der Waals surface area (Å²) < 4.78 is 0. The van der Waals surface area contributed by atoms with E-state index in [4.69, 9.17) is 5.11 Å². The molecule has 1 aromatic carbocycles. The summed E-state index contributed by atoms with van der Waals surface area (Å²) in [6.45, 7) is 6.91. The molecule has 0 fully saturated rings. The molecule has 2 aromatic rings. The molecule has 1 heterocycles. The quantitative estimate of drug-likeness (QED) is 0.793. The standard InChI is InChI=1S/C18H23N3O2/c1-18(2,3)14-6-4-13(5-7-14)17(23)21-15-8-9-16(20-12-15)19-10-11-22/h4-9,12,22H,10-11H2,1-3H3,(H,19,20)(H,21,23). The van der Waals surface area contributed by atoms with Gasteiger partial charge in [-0.15, -0.1) is 0 Å². The van der Waals surface area contributed by atoms with E-state index in [1.54, 1.807) is 18.3 Å². The smallest absolute Gasteiger partial charge is 0.255 e. The number of hydrogen-bond donors (Lipinski definition) is 3. The van der Waals surface area contributed by atoms with Gasteiger partial charge < -0.3 is 15.7 Å². The number of benzene rings is 1. The third-order valence-corrected chi connectivity index (χ3v) is 3.45. The molecule has 0 aliphatic carbocycles. The fourth-order valence-electron chi connectivity index (χ4n) is 2.08. The van der Waals surface area contributed by atoms with Crippen molar-refractivity contribution in [2.24, 2.45) is 0 Å². The van der Waals surface area contributed by atoms with Crippen molar-refractivity contribution in [2.45, 2.75) is 26.2 Å². The van der Waals surface area contributed by atoms with Gasteiger partial charge >= 0.3 is 0 Å². The third kappa shape index (κ3) is 4.79. The van der Waals surface area contributed by atoms with E-state index in [0.717, 1.165) is 0 Å². The fraction of sp³-hybridized carbons (Fsp3) is 0.333. The minimum absolute atomic E-state index is 0.0464. The van der Waals surface area contributed by atoms with E-state index >= 15 is 0 Å². The van der Waals surface area contributed by atoms with E-state index in [2.05, 4.69) is 36.4 Å². The van der Waals surface area contributed by atoms with Crippen LogP contribution in [0.3, 0.4) is 0 Å². The van der Waals surface area contributed by atoms with E-state index < -0.39 is 0 Å². The number of anilines is 2. The van der Waals surface area contributed by atoms with Gasteiger partial charge in [0.05, 0.1) is 18.5 Å². The molecule has 5 heteroatoms. The van der Waals surface area contributed by atoms with Gasteiger partial charge in [0.15, 0.2) is 0 Å². The molecule has 0 radical (unpaired) electrons. The van der Waals surface area contributed by atoms with Gasteiger partial charge in [-0.3, -0.25) is 4.79 Å². The van der Waals surface area contributed by atoms with Gasteiger partial charge in [0.2, 0.25) is 0 Å². The Bertz CT molecular complexity index is 643. The number of aliphatic hydroxyl groups excluding tert-OH is 1. The molecule has 2 rings (SSSR count).